The highest BCUT2D eigenvalue weighted by atomic mass is 79.9. The van der Waals surface area contributed by atoms with Gasteiger partial charge in [0.05, 0.1) is 4.92 Å². The second-order valence-corrected chi connectivity index (χ2v) is 5.61. The molecule has 2 aromatic carbocycles. The van der Waals surface area contributed by atoms with Crippen LogP contribution in [0.4, 0.5) is 11.4 Å². The SMILES string of the molecule is Cc1ccc(NC(C)c2ccc(Br)cc2)c([N+](=O)[O-])c1. The van der Waals surface area contributed by atoms with E-state index in [1.54, 1.807) is 12.1 Å². The summed E-state index contributed by atoms with van der Waals surface area (Å²) in [6, 6.07) is 13.1. The van der Waals surface area contributed by atoms with Crippen molar-refractivity contribution in [1.82, 2.24) is 0 Å². The molecule has 104 valence electrons. The number of rotatable bonds is 4. The molecule has 0 aliphatic carbocycles. The zero-order valence-electron chi connectivity index (χ0n) is 11.3. The summed E-state index contributed by atoms with van der Waals surface area (Å²) in [4.78, 5) is 10.7. The third-order valence-corrected chi connectivity index (χ3v) is 3.62. The van der Waals surface area contributed by atoms with Crippen LogP contribution < -0.4 is 5.32 Å². The highest BCUT2D eigenvalue weighted by molar-refractivity contribution is 9.10. The van der Waals surface area contributed by atoms with Crippen molar-refractivity contribution in [3.05, 3.63) is 68.2 Å². The number of nitrogens with zero attached hydrogens (tertiary/aromatic N) is 1. The fourth-order valence-electron chi connectivity index (χ4n) is 1.98. The molecule has 0 spiro atoms. The highest BCUT2D eigenvalue weighted by Crippen LogP contribution is 2.29. The Morgan fingerprint density at radius 3 is 2.45 bits per heavy atom. The van der Waals surface area contributed by atoms with Crippen molar-refractivity contribution >= 4 is 27.3 Å². The van der Waals surface area contributed by atoms with Gasteiger partial charge in [-0.1, -0.05) is 34.1 Å². The first-order valence-electron chi connectivity index (χ1n) is 6.24. The van der Waals surface area contributed by atoms with E-state index in [2.05, 4.69) is 21.2 Å². The number of hydrogen-bond acceptors (Lipinski definition) is 3. The molecule has 0 fully saturated rings. The maximum atomic E-state index is 11.1. The van der Waals surface area contributed by atoms with Gasteiger partial charge >= 0.3 is 0 Å². The molecule has 5 heteroatoms. The molecule has 0 bridgehead atoms. The van der Waals surface area contributed by atoms with Crippen molar-refractivity contribution in [2.24, 2.45) is 0 Å². The lowest BCUT2D eigenvalue weighted by Crippen LogP contribution is -2.08. The number of nitrogens with one attached hydrogen (secondary N) is 1. The fourth-order valence-corrected chi connectivity index (χ4v) is 2.25. The third kappa shape index (κ3) is 3.36. The van der Waals surface area contributed by atoms with Gasteiger partial charge in [0.1, 0.15) is 5.69 Å². The Bertz CT molecular complexity index is 626. The Kier molecular flexibility index (Phi) is 4.39. The van der Waals surface area contributed by atoms with E-state index < -0.39 is 0 Å². The Balaban J connectivity index is 2.25. The molecule has 0 aliphatic heterocycles. The number of nitro benzene ring substituents is 1. The van der Waals surface area contributed by atoms with Crippen LogP contribution in [0.2, 0.25) is 0 Å². The molecule has 0 saturated carbocycles. The fraction of sp³-hybridized carbons (Fsp3) is 0.200. The van der Waals surface area contributed by atoms with Crippen molar-refractivity contribution in [2.45, 2.75) is 19.9 Å². The Morgan fingerprint density at radius 1 is 1.20 bits per heavy atom. The van der Waals surface area contributed by atoms with Gasteiger partial charge in [0.25, 0.3) is 5.69 Å². The van der Waals surface area contributed by atoms with Crippen LogP contribution in [0.3, 0.4) is 0 Å². The van der Waals surface area contributed by atoms with Crippen molar-refractivity contribution in [1.29, 1.82) is 0 Å². The minimum absolute atomic E-state index is 0.00972. The number of anilines is 1. The predicted molar refractivity (Wildman–Crippen MR) is 84.0 cm³/mol. The van der Waals surface area contributed by atoms with Gasteiger partial charge in [-0.15, -0.1) is 0 Å². The summed E-state index contributed by atoms with van der Waals surface area (Å²) in [5.74, 6) is 0. The van der Waals surface area contributed by atoms with Crippen molar-refractivity contribution in [3.63, 3.8) is 0 Å². The van der Waals surface area contributed by atoms with Crippen LogP contribution >= 0.6 is 15.9 Å². The molecular weight excluding hydrogens is 320 g/mol. The average Bonchev–Trinajstić information content (AvgIpc) is 2.41. The maximum Gasteiger partial charge on any atom is 0.292 e. The summed E-state index contributed by atoms with van der Waals surface area (Å²) in [7, 11) is 0. The predicted octanol–water partition coefficient (Wildman–Crippen LogP) is 4.84. The van der Waals surface area contributed by atoms with Crippen molar-refractivity contribution in [2.75, 3.05) is 5.32 Å². The average molecular weight is 335 g/mol. The molecule has 0 saturated heterocycles. The normalized spacial score (nSPS) is 11.9. The number of hydrogen-bond donors (Lipinski definition) is 1. The standard InChI is InChI=1S/C15H15BrN2O2/c1-10-3-8-14(15(9-10)18(19)20)17-11(2)12-4-6-13(16)7-5-12/h3-9,11,17H,1-2H3. The Hall–Kier alpha value is -1.88. The van der Waals surface area contributed by atoms with Gasteiger partial charge in [-0.05, 0) is 43.2 Å². The smallest absolute Gasteiger partial charge is 0.292 e. The summed E-state index contributed by atoms with van der Waals surface area (Å²) >= 11 is 3.39. The van der Waals surface area contributed by atoms with Crippen LogP contribution in [0.25, 0.3) is 0 Å². The van der Waals surface area contributed by atoms with Gasteiger partial charge in [-0.25, -0.2) is 0 Å². The van der Waals surface area contributed by atoms with E-state index in [9.17, 15) is 10.1 Å². The molecule has 0 aromatic heterocycles. The zero-order chi connectivity index (χ0) is 14.7. The largest absolute Gasteiger partial charge is 0.373 e. The lowest BCUT2D eigenvalue weighted by atomic mass is 10.1. The molecule has 0 radical (unpaired) electrons. The highest BCUT2D eigenvalue weighted by Gasteiger charge is 2.16. The van der Waals surface area contributed by atoms with E-state index in [1.807, 2.05) is 44.2 Å². The molecule has 1 N–H and O–H groups in total. The van der Waals surface area contributed by atoms with E-state index in [1.165, 1.54) is 0 Å². The first-order chi connectivity index (χ1) is 9.47. The molecule has 20 heavy (non-hydrogen) atoms. The molecule has 2 rings (SSSR count). The molecular formula is C15H15BrN2O2. The van der Waals surface area contributed by atoms with Crippen molar-refractivity contribution < 1.29 is 4.92 Å². The Labute approximate surface area is 126 Å². The first-order valence-corrected chi connectivity index (χ1v) is 7.03. The van der Waals surface area contributed by atoms with Crippen LogP contribution in [0.15, 0.2) is 46.9 Å². The minimum atomic E-state index is -0.358. The van der Waals surface area contributed by atoms with Crippen molar-refractivity contribution in [3.8, 4) is 0 Å². The van der Waals surface area contributed by atoms with E-state index >= 15 is 0 Å². The van der Waals surface area contributed by atoms with E-state index in [4.69, 9.17) is 0 Å². The van der Waals surface area contributed by atoms with E-state index in [-0.39, 0.29) is 16.7 Å². The number of benzene rings is 2. The van der Waals surface area contributed by atoms with Crippen LogP contribution in [0.1, 0.15) is 24.1 Å². The lowest BCUT2D eigenvalue weighted by Gasteiger charge is -2.16. The van der Waals surface area contributed by atoms with Gasteiger partial charge in [0, 0.05) is 16.6 Å². The molecule has 4 nitrogen and oxygen atoms in total. The maximum absolute atomic E-state index is 11.1. The summed E-state index contributed by atoms with van der Waals surface area (Å²) in [5, 5.41) is 14.3. The molecule has 2 aromatic rings. The van der Waals surface area contributed by atoms with Gasteiger partial charge in [-0.2, -0.15) is 0 Å². The zero-order valence-corrected chi connectivity index (χ0v) is 12.8. The third-order valence-electron chi connectivity index (χ3n) is 3.09. The summed E-state index contributed by atoms with van der Waals surface area (Å²) in [6.07, 6.45) is 0. The second-order valence-electron chi connectivity index (χ2n) is 4.70. The topological polar surface area (TPSA) is 55.2 Å². The monoisotopic (exact) mass is 334 g/mol. The second kappa shape index (κ2) is 6.05. The van der Waals surface area contributed by atoms with Gasteiger partial charge in [-0.3, -0.25) is 10.1 Å². The van der Waals surface area contributed by atoms with Gasteiger partial charge < -0.3 is 5.32 Å². The van der Waals surface area contributed by atoms with Crippen LogP contribution in [-0.2, 0) is 0 Å². The molecule has 0 amide bonds. The first kappa shape index (κ1) is 14.5. The lowest BCUT2D eigenvalue weighted by molar-refractivity contribution is -0.384. The summed E-state index contributed by atoms with van der Waals surface area (Å²) in [5.41, 5.74) is 2.59. The number of nitro groups is 1. The van der Waals surface area contributed by atoms with E-state index in [0.29, 0.717) is 5.69 Å². The summed E-state index contributed by atoms with van der Waals surface area (Å²) < 4.78 is 1.01. The molecule has 1 atom stereocenters. The van der Waals surface area contributed by atoms with E-state index in [0.717, 1.165) is 15.6 Å². The number of aryl methyl sites for hydroxylation is 1. The van der Waals surface area contributed by atoms with Crippen LogP contribution in [-0.4, -0.2) is 4.92 Å². The van der Waals surface area contributed by atoms with Crippen LogP contribution in [0, 0.1) is 17.0 Å². The number of halogens is 1. The quantitative estimate of drug-likeness (QED) is 0.642. The molecule has 0 heterocycles. The Morgan fingerprint density at radius 2 is 1.85 bits per heavy atom. The minimum Gasteiger partial charge on any atom is -0.373 e. The summed E-state index contributed by atoms with van der Waals surface area (Å²) in [6.45, 7) is 3.82. The van der Waals surface area contributed by atoms with Gasteiger partial charge in [0.15, 0.2) is 0 Å². The van der Waals surface area contributed by atoms with Gasteiger partial charge in [0.2, 0.25) is 0 Å². The van der Waals surface area contributed by atoms with Crippen LogP contribution in [0.5, 0.6) is 0 Å². The molecule has 0 aliphatic rings. The molecule has 1 unspecified atom stereocenters.